The molecular formula is C17H11Cl2F3N2O2S. The number of rotatable bonds is 3. The number of alkyl halides is 3. The number of hydrogen-bond donors (Lipinski definition) is 1. The molecule has 0 aliphatic heterocycles. The van der Waals surface area contributed by atoms with Gasteiger partial charge in [0.25, 0.3) is 0 Å². The number of nitrogens with zero attached hydrogens (tertiary/aromatic N) is 1. The predicted octanol–water partition coefficient (Wildman–Crippen LogP) is 5.47. The zero-order chi connectivity index (χ0) is 20.0. The minimum absolute atomic E-state index is 0.0213. The number of H-pyrrole nitrogens is 1. The molecule has 0 spiro atoms. The normalized spacial score (nSPS) is 12.4. The van der Waals surface area contributed by atoms with Crippen molar-refractivity contribution in [3.8, 4) is 22.5 Å². The quantitative estimate of drug-likeness (QED) is 0.593. The molecule has 1 aromatic heterocycles. The van der Waals surface area contributed by atoms with Crippen molar-refractivity contribution in [2.45, 2.75) is 11.1 Å². The Morgan fingerprint density at radius 2 is 1.56 bits per heavy atom. The number of imidazole rings is 1. The molecule has 3 rings (SSSR count). The maximum Gasteiger partial charge on any atom is 0.449 e. The van der Waals surface area contributed by atoms with E-state index < -0.39 is 21.8 Å². The van der Waals surface area contributed by atoms with Gasteiger partial charge in [-0.25, -0.2) is 13.4 Å². The van der Waals surface area contributed by atoms with Crippen molar-refractivity contribution < 1.29 is 21.6 Å². The minimum Gasteiger partial charge on any atom is -0.334 e. The van der Waals surface area contributed by atoms with E-state index in [0.717, 1.165) is 6.26 Å². The van der Waals surface area contributed by atoms with Crippen LogP contribution < -0.4 is 0 Å². The molecule has 27 heavy (non-hydrogen) atoms. The summed E-state index contributed by atoms with van der Waals surface area (Å²) in [6.45, 7) is 0. The zero-order valence-corrected chi connectivity index (χ0v) is 15.9. The number of aromatic nitrogens is 2. The van der Waals surface area contributed by atoms with Gasteiger partial charge in [0.05, 0.1) is 26.3 Å². The predicted molar refractivity (Wildman–Crippen MR) is 97.6 cm³/mol. The summed E-state index contributed by atoms with van der Waals surface area (Å²) in [6, 6.07) is 9.82. The molecule has 0 radical (unpaired) electrons. The number of hydrogen-bond acceptors (Lipinski definition) is 3. The molecule has 2 aromatic carbocycles. The van der Waals surface area contributed by atoms with Crippen LogP contribution >= 0.6 is 23.2 Å². The Balaban J connectivity index is 2.19. The molecule has 1 heterocycles. The fraction of sp³-hybridized carbons (Fsp3) is 0.118. The van der Waals surface area contributed by atoms with Gasteiger partial charge in [-0.1, -0.05) is 41.4 Å². The van der Waals surface area contributed by atoms with Crippen molar-refractivity contribution in [3.63, 3.8) is 0 Å². The lowest BCUT2D eigenvalue weighted by Crippen LogP contribution is -2.07. The second-order valence-electron chi connectivity index (χ2n) is 5.73. The highest BCUT2D eigenvalue weighted by Crippen LogP contribution is 2.37. The van der Waals surface area contributed by atoms with E-state index in [9.17, 15) is 21.6 Å². The minimum atomic E-state index is -4.68. The van der Waals surface area contributed by atoms with Crippen molar-refractivity contribution >= 4 is 33.0 Å². The monoisotopic (exact) mass is 434 g/mol. The maximum atomic E-state index is 13.2. The topological polar surface area (TPSA) is 62.8 Å². The summed E-state index contributed by atoms with van der Waals surface area (Å²) in [4.78, 5) is 5.99. The molecule has 1 N–H and O–H groups in total. The summed E-state index contributed by atoms with van der Waals surface area (Å²) < 4.78 is 62.6. The highest BCUT2D eigenvalue weighted by atomic mass is 35.5. The lowest BCUT2D eigenvalue weighted by atomic mass is 10.1. The van der Waals surface area contributed by atoms with Crippen molar-refractivity contribution in [1.29, 1.82) is 0 Å². The maximum absolute atomic E-state index is 13.2. The Morgan fingerprint density at radius 1 is 0.963 bits per heavy atom. The van der Waals surface area contributed by atoms with Gasteiger partial charge in [-0.15, -0.1) is 0 Å². The van der Waals surface area contributed by atoms with E-state index in [4.69, 9.17) is 23.2 Å². The fourth-order valence-corrected chi connectivity index (χ4v) is 3.37. The van der Waals surface area contributed by atoms with Gasteiger partial charge in [-0.05, 0) is 24.3 Å². The van der Waals surface area contributed by atoms with Gasteiger partial charge in [-0.2, -0.15) is 13.2 Å². The molecular weight excluding hydrogens is 424 g/mol. The average molecular weight is 435 g/mol. The molecule has 0 saturated carbocycles. The standard InChI is InChI=1S/C17H11Cl2F3N2O2S/c1-27(25,26)11-5-2-9(3-6-11)14-15(24-16(23-14)17(20,21)22)10-4-7-12(18)13(19)8-10/h2-8H,1H3,(H,23,24). The van der Waals surface area contributed by atoms with Gasteiger partial charge in [0.2, 0.25) is 5.82 Å². The van der Waals surface area contributed by atoms with Crippen molar-refractivity contribution in [2.24, 2.45) is 0 Å². The van der Waals surface area contributed by atoms with E-state index >= 15 is 0 Å². The lowest BCUT2D eigenvalue weighted by molar-refractivity contribution is -0.144. The molecule has 0 amide bonds. The number of nitrogens with one attached hydrogen (secondary N) is 1. The first-order valence-electron chi connectivity index (χ1n) is 7.40. The summed E-state index contributed by atoms with van der Waals surface area (Å²) in [5.41, 5.74) is 0.776. The van der Waals surface area contributed by atoms with Crippen LogP contribution in [0.2, 0.25) is 10.0 Å². The van der Waals surface area contributed by atoms with Crippen LogP contribution in [0.25, 0.3) is 22.5 Å². The van der Waals surface area contributed by atoms with Gasteiger partial charge in [0, 0.05) is 17.4 Å². The van der Waals surface area contributed by atoms with Crippen LogP contribution in [0.5, 0.6) is 0 Å². The highest BCUT2D eigenvalue weighted by Gasteiger charge is 2.36. The van der Waals surface area contributed by atoms with E-state index in [2.05, 4.69) is 9.97 Å². The van der Waals surface area contributed by atoms with Crippen LogP contribution in [0.4, 0.5) is 13.2 Å². The fourth-order valence-electron chi connectivity index (χ4n) is 2.44. The van der Waals surface area contributed by atoms with E-state index in [0.29, 0.717) is 11.1 Å². The molecule has 142 valence electrons. The lowest BCUT2D eigenvalue weighted by Gasteiger charge is -2.06. The summed E-state index contributed by atoms with van der Waals surface area (Å²) >= 11 is 11.8. The number of benzene rings is 2. The first-order chi connectivity index (χ1) is 12.5. The summed E-state index contributed by atoms with van der Waals surface area (Å²) in [5, 5.41) is 0.426. The molecule has 0 unspecified atom stereocenters. The third-order valence-corrected chi connectivity index (χ3v) is 5.60. The van der Waals surface area contributed by atoms with E-state index in [1.54, 1.807) is 0 Å². The molecule has 4 nitrogen and oxygen atoms in total. The second-order valence-corrected chi connectivity index (χ2v) is 8.56. The molecule has 0 saturated heterocycles. The smallest absolute Gasteiger partial charge is 0.334 e. The first-order valence-corrected chi connectivity index (χ1v) is 10.0. The largest absolute Gasteiger partial charge is 0.449 e. The summed E-state index contributed by atoms with van der Waals surface area (Å²) in [5.74, 6) is -1.18. The van der Waals surface area contributed by atoms with Crippen LogP contribution in [-0.4, -0.2) is 24.6 Å². The van der Waals surface area contributed by atoms with Crippen LogP contribution in [0.15, 0.2) is 47.4 Å². The van der Waals surface area contributed by atoms with Crippen molar-refractivity contribution in [1.82, 2.24) is 9.97 Å². The molecule has 0 aliphatic carbocycles. The first kappa shape index (κ1) is 19.7. The zero-order valence-electron chi connectivity index (χ0n) is 13.6. The van der Waals surface area contributed by atoms with Crippen LogP contribution in [-0.2, 0) is 16.0 Å². The van der Waals surface area contributed by atoms with Gasteiger partial charge in [-0.3, -0.25) is 0 Å². The molecule has 0 bridgehead atoms. The molecule has 0 aliphatic rings. The average Bonchev–Trinajstić information content (AvgIpc) is 3.02. The summed E-state index contributed by atoms with van der Waals surface area (Å²) in [6.07, 6.45) is -3.64. The Bertz CT molecular complexity index is 1110. The summed E-state index contributed by atoms with van der Waals surface area (Å²) in [7, 11) is -3.43. The SMILES string of the molecule is CS(=O)(=O)c1ccc(-c2[nH]c(C(F)(F)F)nc2-c2ccc(Cl)c(Cl)c2)cc1. The number of halogens is 5. The van der Waals surface area contributed by atoms with Gasteiger partial charge < -0.3 is 4.98 Å². The third kappa shape index (κ3) is 4.12. The highest BCUT2D eigenvalue weighted by molar-refractivity contribution is 7.90. The Hall–Kier alpha value is -2.03. The molecule has 3 aromatic rings. The third-order valence-electron chi connectivity index (χ3n) is 3.74. The van der Waals surface area contributed by atoms with Crippen molar-refractivity contribution in [2.75, 3.05) is 6.26 Å². The Morgan fingerprint density at radius 3 is 2.07 bits per heavy atom. The van der Waals surface area contributed by atoms with Gasteiger partial charge >= 0.3 is 6.18 Å². The van der Waals surface area contributed by atoms with Crippen LogP contribution in [0.1, 0.15) is 5.82 Å². The Kier molecular flexibility index (Phi) is 5.00. The van der Waals surface area contributed by atoms with E-state index in [-0.39, 0.29) is 26.3 Å². The number of sulfone groups is 1. The van der Waals surface area contributed by atoms with E-state index in [1.807, 2.05) is 0 Å². The molecule has 10 heteroatoms. The Labute approximate surface area is 162 Å². The van der Waals surface area contributed by atoms with Crippen LogP contribution in [0.3, 0.4) is 0 Å². The van der Waals surface area contributed by atoms with Gasteiger partial charge in [0.15, 0.2) is 9.84 Å². The second kappa shape index (κ2) is 6.85. The van der Waals surface area contributed by atoms with Gasteiger partial charge in [0.1, 0.15) is 0 Å². The molecule has 0 fully saturated rings. The number of aromatic amines is 1. The molecule has 0 atom stereocenters. The van der Waals surface area contributed by atoms with E-state index in [1.165, 1.54) is 42.5 Å². The van der Waals surface area contributed by atoms with Crippen LogP contribution in [0, 0.1) is 0 Å². The van der Waals surface area contributed by atoms with Crippen molar-refractivity contribution in [3.05, 3.63) is 58.3 Å².